The number of anilines is 1. The highest BCUT2D eigenvalue weighted by atomic mass is 35.5. The van der Waals surface area contributed by atoms with Crippen molar-refractivity contribution in [3.05, 3.63) is 57.9 Å². The average molecular weight is 463 g/mol. The second kappa shape index (κ2) is 8.08. The van der Waals surface area contributed by atoms with Crippen LogP contribution in [0.5, 0.6) is 5.75 Å². The number of rotatable bonds is 3. The Labute approximate surface area is 187 Å². The van der Waals surface area contributed by atoms with Crippen LogP contribution in [0.4, 0.5) is 14.6 Å². The molecule has 1 saturated carbocycles. The predicted octanol–water partition coefficient (Wildman–Crippen LogP) is 2.45. The van der Waals surface area contributed by atoms with Crippen molar-refractivity contribution in [3.8, 4) is 5.75 Å². The van der Waals surface area contributed by atoms with E-state index in [0.29, 0.717) is 46.6 Å². The molecule has 5 rings (SSSR count). The molecule has 0 amide bonds. The molecule has 10 heteroatoms. The van der Waals surface area contributed by atoms with E-state index in [9.17, 15) is 19.0 Å². The van der Waals surface area contributed by atoms with E-state index >= 15 is 0 Å². The van der Waals surface area contributed by atoms with Gasteiger partial charge >= 0.3 is 0 Å². The molecule has 0 radical (unpaired) electrons. The van der Waals surface area contributed by atoms with Crippen LogP contribution >= 0.6 is 11.6 Å². The zero-order chi connectivity index (χ0) is 22.6. The molecule has 2 heterocycles. The molecule has 0 bridgehead atoms. The number of aromatic nitrogens is 2. The maximum atomic E-state index is 14.2. The Morgan fingerprint density at radius 2 is 1.94 bits per heavy atom. The van der Waals surface area contributed by atoms with E-state index in [0.717, 1.165) is 6.07 Å². The molecule has 168 valence electrons. The van der Waals surface area contributed by atoms with E-state index in [1.807, 2.05) is 0 Å². The number of ether oxygens (including phenoxy) is 1. The second-order valence-corrected chi connectivity index (χ2v) is 8.60. The van der Waals surface area contributed by atoms with Crippen molar-refractivity contribution in [2.75, 3.05) is 12.3 Å². The number of fused-ring (bicyclic) bond motifs is 2. The minimum Gasteiger partial charge on any atom is -0.487 e. The number of aliphatic hydroxyl groups excluding tert-OH is 2. The number of benzene rings is 2. The minimum atomic E-state index is -1.23. The molecule has 1 aliphatic carbocycles. The molecule has 5 N–H and O–H groups in total. The van der Waals surface area contributed by atoms with E-state index < -0.39 is 35.9 Å². The van der Waals surface area contributed by atoms with Gasteiger partial charge in [0.05, 0.1) is 22.0 Å². The molecule has 4 atom stereocenters. The lowest BCUT2D eigenvalue weighted by Gasteiger charge is -2.25. The maximum Gasteiger partial charge on any atom is 0.162 e. The highest BCUT2D eigenvalue weighted by Crippen LogP contribution is 2.41. The van der Waals surface area contributed by atoms with Crippen LogP contribution in [-0.2, 0) is 13.0 Å². The van der Waals surface area contributed by atoms with Gasteiger partial charge in [-0.2, -0.15) is 0 Å². The third kappa shape index (κ3) is 3.45. The van der Waals surface area contributed by atoms with Crippen molar-refractivity contribution >= 4 is 28.3 Å². The van der Waals surface area contributed by atoms with Gasteiger partial charge in [0.25, 0.3) is 0 Å². The molecular formula is C22H21ClF2N4O3. The van der Waals surface area contributed by atoms with E-state index in [1.165, 1.54) is 6.33 Å². The van der Waals surface area contributed by atoms with E-state index in [-0.39, 0.29) is 23.6 Å². The lowest BCUT2D eigenvalue weighted by Crippen LogP contribution is -2.34. The minimum absolute atomic E-state index is 0.167. The van der Waals surface area contributed by atoms with Gasteiger partial charge in [-0.25, -0.2) is 18.7 Å². The molecule has 2 aliphatic rings. The van der Waals surface area contributed by atoms with Crippen LogP contribution in [0.15, 0.2) is 24.5 Å². The fraction of sp³-hybridized carbons (Fsp3) is 0.364. The van der Waals surface area contributed by atoms with Gasteiger partial charge in [0.2, 0.25) is 0 Å². The summed E-state index contributed by atoms with van der Waals surface area (Å²) in [6.07, 6.45) is -1.29. The quantitative estimate of drug-likeness (QED) is 0.473. The summed E-state index contributed by atoms with van der Waals surface area (Å²) in [4.78, 5) is 8.14. The average Bonchev–Trinajstić information content (AvgIpc) is 3.05. The fourth-order valence-corrected chi connectivity index (χ4v) is 5.00. The van der Waals surface area contributed by atoms with Gasteiger partial charge < -0.3 is 26.0 Å². The third-order valence-electron chi connectivity index (χ3n) is 6.33. The molecule has 32 heavy (non-hydrogen) atoms. The van der Waals surface area contributed by atoms with Crippen LogP contribution in [-0.4, -0.2) is 45.0 Å². The van der Waals surface area contributed by atoms with E-state index in [1.54, 1.807) is 12.1 Å². The molecular weight excluding hydrogens is 442 g/mol. The van der Waals surface area contributed by atoms with Crippen molar-refractivity contribution in [3.63, 3.8) is 0 Å². The summed E-state index contributed by atoms with van der Waals surface area (Å²) >= 11 is 6.39. The first-order chi connectivity index (χ1) is 15.3. The molecule has 2 unspecified atom stereocenters. The molecule has 7 nitrogen and oxygen atoms in total. The highest BCUT2D eigenvalue weighted by Gasteiger charge is 2.44. The largest absolute Gasteiger partial charge is 0.487 e. The van der Waals surface area contributed by atoms with Crippen LogP contribution in [0.25, 0.3) is 10.9 Å². The zero-order valence-electron chi connectivity index (χ0n) is 16.9. The van der Waals surface area contributed by atoms with Gasteiger partial charge in [-0.1, -0.05) is 11.6 Å². The summed E-state index contributed by atoms with van der Waals surface area (Å²) in [5.41, 5.74) is 7.88. The van der Waals surface area contributed by atoms with Gasteiger partial charge in [0, 0.05) is 29.7 Å². The maximum absolute atomic E-state index is 14.2. The van der Waals surface area contributed by atoms with E-state index in [2.05, 4.69) is 15.3 Å². The first kappa shape index (κ1) is 21.3. The summed E-state index contributed by atoms with van der Waals surface area (Å²) in [7, 11) is 0. The number of halogens is 3. The molecule has 1 fully saturated rings. The summed E-state index contributed by atoms with van der Waals surface area (Å²) in [5.74, 6) is -1.96. The topological polar surface area (TPSA) is 114 Å². The van der Waals surface area contributed by atoms with Crippen LogP contribution in [0.1, 0.15) is 29.0 Å². The molecule has 0 spiro atoms. The van der Waals surface area contributed by atoms with Gasteiger partial charge in [0.15, 0.2) is 11.6 Å². The van der Waals surface area contributed by atoms with E-state index in [4.69, 9.17) is 22.1 Å². The van der Waals surface area contributed by atoms with Crippen LogP contribution < -0.4 is 15.8 Å². The lowest BCUT2D eigenvalue weighted by molar-refractivity contribution is -0.0124. The normalized spacial score (nSPS) is 25.2. The second-order valence-electron chi connectivity index (χ2n) is 8.19. The summed E-state index contributed by atoms with van der Waals surface area (Å²) in [6, 6.07) is 4.40. The predicted molar refractivity (Wildman–Crippen MR) is 115 cm³/mol. The molecule has 1 aromatic heterocycles. The standard InChI is InChI=1S/C22H21ClF2N4O3/c23-13-3-9(4-15-18(13)22(26)29-8-28-15)11-5-17(21(31)20(11)30)32-16-6-14(24)19(25)10-1-2-27-7-12(10)16/h3-4,6,8,11,17,20-21,27,30-31H,1-2,5,7H2,(H2,26,28,29)/t11?,17?,20-,21+/m0/s1. The van der Waals surface area contributed by atoms with Gasteiger partial charge in [-0.15, -0.1) is 0 Å². The summed E-state index contributed by atoms with van der Waals surface area (Å²) in [5, 5.41) is 25.4. The van der Waals surface area contributed by atoms with Gasteiger partial charge in [0.1, 0.15) is 30.1 Å². The Balaban J connectivity index is 1.46. The van der Waals surface area contributed by atoms with Crippen molar-refractivity contribution in [1.29, 1.82) is 0 Å². The molecule has 1 aliphatic heterocycles. The number of hydrogen-bond donors (Lipinski definition) is 4. The Morgan fingerprint density at radius 3 is 2.75 bits per heavy atom. The molecule has 0 saturated heterocycles. The Bertz CT molecular complexity index is 1210. The monoisotopic (exact) mass is 462 g/mol. The molecule has 3 aromatic rings. The number of nitrogens with zero attached hydrogens (tertiary/aromatic N) is 2. The van der Waals surface area contributed by atoms with Gasteiger partial charge in [-0.3, -0.25) is 0 Å². The number of hydrogen-bond acceptors (Lipinski definition) is 7. The highest BCUT2D eigenvalue weighted by molar-refractivity contribution is 6.36. The summed E-state index contributed by atoms with van der Waals surface area (Å²) < 4.78 is 34.3. The lowest BCUT2D eigenvalue weighted by atomic mass is 9.94. The van der Waals surface area contributed by atoms with Crippen molar-refractivity contribution in [2.24, 2.45) is 0 Å². The number of aliphatic hydroxyl groups is 2. The van der Waals surface area contributed by atoms with Crippen molar-refractivity contribution in [1.82, 2.24) is 15.3 Å². The fourth-order valence-electron chi connectivity index (χ4n) is 4.68. The van der Waals surface area contributed by atoms with Crippen molar-refractivity contribution in [2.45, 2.75) is 43.6 Å². The Hall–Kier alpha value is -2.59. The van der Waals surface area contributed by atoms with Gasteiger partial charge in [-0.05, 0) is 37.1 Å². The number of nitrogens with one attached hydrogen (secondary N) is 1. The van der Waals surface area contributed by atoms with Crippen molar-refractivity contribution < 1.29 is 23.7 Å². The van der Waals surface area contributed by atoms with Crippen LogP contribution in [0.2, 0.25) is 5.02 Å². The van der Waals surface area contributed by atoms with Crippen LogP contribution in [0.3, 0.4) is 0 Å². The molecule has 2 aromatic carbocycles. The zero-order valence-corrected chi connectivity index (χ0v) is 17.6. The summed E-state index contributed by atoms with van der Waals surface area (Å²) in [6.45, 7) is 0.870. The first-order valence-corrected chi connectivity index (χ1v) is 10.7. The van der Waals surface area contributed by atoms with Crippen LogP contribution in [0, 0.1) is 11.6 Å². The first-order valence-electron chi connectivity index (χ1n) is 10.3. The Kier molecular flexibility index (Phi) is 5.37. The number of nitrogens with two attached hydrogens (primary N) is 1. The SMILES string of the molecule is Nc1ncnc2cc(C3CC(Oc4cc(F)c(F)c5c4CNCC5)[C@@H](O)[C@H]3O)cc(Cl)c12. The number of nitrogen functional groups attached to an aromatic ring is 1. The Morgan fingerprint density at radius 1 is 1.12 bits per heavy atom. The smallest absolute Gasteiger partial charge is 0.162 e. The third-order valence-corrected chi connectivity index (χ3v) is 6.62.